The lowest BCUT2D eigenvalue weighted by molar-refractivity contribution is -0.116. The van der Waals surface area contributed by atoms with E-state index in [1.807, 2.05) is 65.3 Å². The van der Waals surface area contributed by atoms with Crippen LogP contribution in [0.3, 0.4) is 0 Å². The second-order valence-electron chi connectivity index (χ2n) is 8.21. The van der Waals surface area contributed by atoms with E-state index in [0.29, 0.717) is 5.56 Å². The smallest absolute Gasteiger partial charge is 0.257 e. The molecule has 6 heteroatoms. The van der Waals surface area contributed by atoms with Crippen LogP contribution >= 0.6 is 0 Å². The molecular weight excluding hydrogens is 340 g/mol. The topological polar surface area (TPSA) is 67.2 Å². The zero-order chi connectivity index (χ0) is 20.5. The predicted molar refractivity (Wildman–Crippen MR) is 108 cm³/mol. The maximum Gasteiger partial charge on any atom is 0.257 e. The highest BCUT2D eigenvalue weighted by atomic mass is 16.2. The molecule has 0 unspecified atom stereocenters. The number of hydrogen-bond acceptors (Lipinski definition) is 3. The van der Waals surface area contributed by atoms with Crippen molar-refractivity contribution in [3.63, 3.8) is 0 Å². The van der Waals surface area contributed by atoms with E-state index in [1.54, 1.807) is 13.2 Å². The Hall–Kier alpha value is -2.63. The summed E-state index contributed by atoms with van der Waals surface area (Å²) in [6.07, 6.45) is 1.57. The Morgan fingerprint density at radius 1 is 1.11 bits per heavy atom. The first kappa shape index (κ1) is 20.7. The Morgan fingerprint density at radius 2 is 1.67 bits per heavy atom. The van der Waals surface area contributed by atoms with Gasteiger partial charge in [0.25, 0.3) is 5.91 Å². The fraction of sp³-hybridized carbons (Fsp3) is 0.476. The number of likely N-dealkylation sites (N-methyl/N-ethyl adjacent to an activating group) is 1. The minimum Gasteiger partial charge on any atom is -0.332 e. The van der Waals surface area contributed by atoms with Gasteiger partial charge in [0, 0.05) is 18.4 Å². The van der Waals surface area contributed by atoms with Gasteiger partial charge >= 0.3 is 0 Å². The van der Waals surface area contributed by atoms with E-state index in [0.717, 1.165) is 28.1 Å². The van der Waals surface area contributed by atoms with Crippen molar-refractivity contribution >= 4 is 17.5 Å². The van der Waals surface area contributed by atoms with Crippen LogP contribution in [0, 0.1) is 27.7 Å². The normalized spacial score (nSPS) is 11.4. The Labute approximate surface area is 161 Å². The molecule has 0 aliphatic rings. The van der Waals surface area contributed by atoms with Crippen LogP contribution < -0.4 is 5.32 Å². The number of carbonyl (C=O) groups excluding carboxylic acids is 2. The number of aromatic nitrogens is 2. The molecule has 1 heterocycles. The zero-order valence-electron chi connectivity index (χ0n) is 17.6. The van der Waals surface area contributed by atoms with Gasteiger partial charge in [-0.05, 0) is 59.6 Å². The van der Waals surface area contributed by atoms with Crippen LogP contribution in [0.15, 0.2) is 18.3 Å². The van der Waals surface area contributed by atoms with E-state index in [-0.39, 0.29) is 23.9 Å². The van der Waals surface area contributed by atoms with E-state index in [2.05, 4.69) is 10.4 Å². The van der Waals surface area contributed by atoms with Crippen LogP contribution in [0.4, 0.5) is 5.69 Å². The lowest BCUT2D eigenvalue weighted by atomic mass is 10.1. The molecule has 0 saturated carbocycles. The average molecular weight is 370 g/mol. The van der Waals surface area contributed by atoms with Gasteiger partial charge in [-0.15, -0.1) is 0 Å². The van der Waals surface area contributed by atoms with Crippen molar-refractivity contribution in [2.24, 2.45) is 0 Å². The quantitative estimate of drug-likeness (QED) is 0.894. The lowest BCUT2D eigenvalue weighted by Crippen LogP contribution is -2.35. The summed E-state index contributed by atoms with van der Waals surface area (Å²) in [7, 11) is 1.63. The van der Waals surface area contributed by atoms with Gasteiger partial charge in [0.05, 0.1) is 23.8 Å². The second-order valence-corrected chi connectivity index (χ2v) is 8.21. The highest BCUT2D eigenvalue weighted by Crippen LogP contribution is 2.22. The molecule has 0 atom stereocenters. The number of rotatable bonds is 4. The van der Waals surface area contributed by atoms with Crippen molar-refractivity contribution in [2.75, 3.05) is 18.9 Å². The van der Waals surface area contributed by atoms with Gasteiger partial charge in [0.1, 0.15) is 0 Å². The van der Waals surface area contributed by atoms with Crippen LogP contribution in [0.2, 0.25) is 0 Å². The Balaban J connectivity index is 2.11. The third-order valence-corrected chi connectivity index (χ3v) is 4.54. The molecule has 2 rings (SSSR count). The first-order chi connectivity index (χ1) is 12.4. The first-order valence-corrected chi connectivity index (χ1v) is 9.10. The number of carbonyl (C=O) groups is 2. The number of anilines is 1. The zero-order valence-corrected chi connectivity index (χ0v) is 17.6. The molecular formula is C21H30N4O2. The van der Waals surface area contributed by atoms with E-state index in [9.17, 15) is 9.59 Å². The predicted octanol–water partition coefficient (Wildman–Crippen LogP) is 3.58. The van der Waals surface area contributed by atoms with Crippen LogP contribution in [0.5, 0.6) is 0 Å². The van der Waals surface area contributed by atoms with Crippen molar-refractivity contribution in [3.8, 4) is 0 Å². The molecule has 6 nitrogen and oxygen atoms in total. The van der Waals surface area contributed by atoms with Crippen LogP contribution in [0.25, 0.3) is 0 Å². The third kappa shape index (κ3) is 4.56. The van der Waals surface area contributed by atoms with Crippen molar-refractivity contribution < 1.29 is 9.59 Å². The van der Waals surface area contributed by atoms with Crippen LogP contribution in [-0.4, -0.2) is 40.1 Å². The molecule has 0 radical (unpaired) electrons. The highest BCUT2D eigenvalue weighted by Gasteiger charge is 2.24. The minimum atomic E-state index is -0.221. The average Bonchev–Trinajstić information content (AvgIpc) is 2.91. The molecule has 0 aliphatic heterocycles. The molecule has 0 bridgehead atoms. The standard InChI is InChI=1S/C21H30N4O2/c1-13-9-14(2)19(15(3)10-13)23-18(26)12-24(8)20(27)17-11-22-25(16(17)4)21(5,6)7/h9-11H,12H2,1-8H3,(H,23,26). The third-order valence-electron chi connectivity index (χ3n) is 4.54. The monoisotopic (exact) mass is 370 g/mol. The summed E-state index contributed by atoms with van der Waals surface area (Å²) < 4.78 is 1.83. The van der Waals surface area contributed by atoms with E-state index < -0.39 is 0 Å². The second kappa shape index (κ2) is 7.55. The first-order valence-electron chi connectivity index (χ1n) is 9.10. The highest BCUT2D eigenvalue weighted by molar-refractivity contribution is 6.00. The summed E-state index contributed by atoms with van der Waals surface area (Å²) in [6, 6.07) is 4.06. The minimum absolute atomic E-state index is 0.0221. The molecule has 0 spiro atoms. The number of nitrogens with one attached hydrogen (secondary N) is 1. The van der Waals surface area contributed by atoms with Gasteiger partial charge in [0.15, 0.2) is 0 Å². The van der Waals surface area contributed by atoms with Gasteiger partial charge in [-0.1, -0.05) is 17.7 Å². The molecule has 0 fully saturated rings. The molecule has 1 aromatic carbocycles. The number of benzene rings is 1. The molecule has 0 aliphatic carbocycles. The fourth-order valence-electron chi connectivity index (χ4n) is 3.34. The number of hydrogen-bond donors (Lipinski definition) is 1. The van der Waals surface area contributed by atoms with Crippen LogP contribution in [0.1, 0.15) is 53.5 Å². The molecule has 2 aromatic rings. The van der Waals surface area contributed by atoms with Gasteiger partial charge in [-0.25, -0.2) is 0 Å². The van der Waals surface area contributed by atoms with Gasteiger partial charge in [-0.2, -0.15) is 5.10 Å². The van der Waals surface area contributed by atoms with Crippen LogP contribution in [-0.2, 0) is 10.3 Å². The molecule has 27 heavy (non-hydrogen) atoms. The van der Waals surface area contributed by atoms with Crippen molar-refractivity contribution in [3.05, 3.63) is 46.3 Å². The Bertz CT molecular complexity index is 852. The maximum atomic E-state index is 12.8. The Morgan fingerprint density at radius 3 is 2.15 bits per heavy atom. The summed E-state index contributed by atoms with van der Waals surface area (Å²) >= 11 is 0. The van der Waals surface area contributed by atoms with E-state index in [4.69, 9.17) is 0 Å². The van der Waals surface area contributed by atoms with Gasteiger partial charge in [0.2, 0.25) is 5.91 Å². The van der Waals surface area contributed by atoms with Crippen molar-refractivity contribution in [1.82, 2.24) is 14.7 Å². The van der Waals surface area contributed by atoms with Crippen molar-refractivity contribution in [1.29, 1.82) is 0 Å². The number of amides is 2. The maximum absolute atomic E-state index is 12.8. The molecule has 1 aromatic heterocycles. The molecule has 146 valence electrons. The molecule has 0 saturated heterocycles. The summed E-state index contributed by atoms with van der Waals surface area (Å²) in [5.41, 5.74) is 5.09. The lowest BCUT2D eigenvalue weighted by Gasteiger charge is -2.22. The summed E-state index contributed by atoms with van der Waals surface area (Å²) in [5, 5.41) is 7.27. The van der Waals surface area contributed by atoms with E-state index >= 15 is 0 Å². The molecule has 2 amide bonds. The Kier molecular flexibility index (Phi) is 5.78. The van der Waals surface area contributed by atoms with Gasteiger partial charge < -0.3 is 10.2 Å². The SMILES string of the molecule is Cc1cc(C)c(NC(=O)CN(C)C(=O)c2cnn(C(C)(C)C)c2C)c(C)c1. The van der Waals surface area contributed by atoms with Gasteiger partial charge in [-0.3, -0.25) is 14.3 Å². The summed E-state index contributed by atoms with van der Waals surface area (Å²) in [5.74, 6) is -0.433. The number of nitrogens with zero attached hydrogens (tertiary/aromatic N) is 3. The summed E-state index contributed by atoms with van der Waals surface area (Å²) in [6.45, 7) is 13.9. The summed E-state index contributed by atoms with van der Waals surface area (Å²) in [4.78, 5) is 26.7. The fourth-order valence-corrected chi connectivity index (χ4v) is 3.34. The number of aryl methyl sites for hydroxylation is 3. The largest absolute Gasteiger partial charge is 0.332 e. The van der Waals surface area contributed by atoms with E-state index in [1.165, 1.54) is 4.90 Å². The van der Waals surface area contributed by atoms with Crippen molar-refractivity contribution in [2.45, 2.75) is 54.0 Å². The molecule has 1 N–H and O–H groups in total.